The zero-order valence-corrected chi connectivity index (χ0v) is 11.7. The maximum Gasteiger partial charge on any atom is 0.338 e. The van der Waals surface area contributed by atoms with Crippen LogP contribution >= 0.6 is 0 Å². The molecule has 110 valence electrons. The largest absolute Gasteiger partial charge is 0.462 e. The van der Waals surface area contributed by atoms with Crippen molar-refractivity contribution in [2.45, 2.75) is 19.8 Å². The van der Waals surface area contributed by atoms with Crippen molar-refractivity contribution >= 4 is 23.2 Å². The molecule has 1 rings (SSSR count). The number of unbranched alkanes of at least 4 members (excludes halogenated alkanes) is 1. The highest BCUT2D eigenvalue weighted by molar-refractivity contribution is 6.45. The highest BCUT2D eigenvalue weighted by Gasteiger charge is 2.06. The molecule has 7 nitrogen and oxygen atoms in total. The number of anilines is 1. The molecule has 4 N–H and O–H groups in total. The second-order valence-corrected chi connectivity index (χ2v) is 4.16. The molecule has 0 fully saturated rings. The number of hydrogen-bond donors (Lipinski definition) is 3. The summed E-state index contributed by atoms with van der Waals surface area (Å²) in [5.74, 6) is -0.791. The quantitative estimate of drug-likeness (QED) is 0.232. The second-order valence-electron chi connectivity index (χ2n) is 4.16. The first-order chi connectivity index (χ1) is 10.1. The smallest absolute Gasteiger partial charge is 0.338 e. The highest BCUT2D eigenvalue weighted by atomic mass is 16.5. The van der Waals surface area contributed by atoms with Gasteiger partial charge in [0.1, 0.15) is 6.07 Å². The molecule has 7 heteroatoms. The molecule has 0 amide bonds. The molecule has 1 aromatic carbocycles. The van der Waals surface area contributed by atoms with E-state index in [1.165, 1.54) is 0 Å². The molecule has 0 spiro atoms. The lowest BCUT2D eigenvalue weighted by atomic mass is 10.2. The average Bonchev–Trinajstić information content (AvgIpc) is 2.48. The molecule has 0 unspecified atom stereocenters. The summed E-state index contributed by atoms with van der Waals surface area (Å²) in [5.41, 5.74) is 8.54. The van der Waals surface area contributed by atoms with E-state index in [-0.39, 0.29) is 11.7 Å². The fourth-order valence-corrected chi connectivity index (χ4v) is 1.34. The van der Waals surface area contributed by atoms with Gasteiger partial charge in [0, 0.05) is 0 Å². The van der Waals surface area contributed by atoms with Crippen LogP contribution in [0.15, 0.2) is 29.4 Å². The fourth-order valence-electron chi connectivity index (χ4n) is 1.34. The van der Waals surface area contributed by atoms with Crippen molar-refractivity contribution in [2.24, 2.45) is 10.8 Å². The standard InChI is InChI=1S/C14H17N5O2/c1-2-3-8-21-14(20)10-4-6-11(7-5-10)18-19-12(9-15)13(16)17/h4-7,18H,2-3,8H2,1H3,(H3,16,17)/b19-12+. The number of nitriles is 1. The number of rotatable bonds is 7. The van der Waals surface area contributed by atoms with Gasteiger partial charge in [-0.1, -0.05) is 13.3 Å². The van der Waals surface area contributed by atoms with Gasteiger partial charge in [-0.05, 0) is 30.7 Å². The van der Waals surface area contributed by atoms with Crippen molar-refractivity contribution in [3.8, 4) is 6.07 Å². The van der Waals surface area contributed by atoms with Gasteiger partial charge in [0.05, 0.1) is 17.9 Å². The van der Waals surface area contributed by atoms with Crippen molar-refractivity contribution in [1.82, 2.24) is 0 Å². The minimum atomic E-state index is -0.416. The van der Waals surface area contributed by atoms with Gasteiger partial charge in [-0.2, -0.15) is 10.4 Å². The van der Waals surface area contributed by atoms with Crippen LogP contribution in [-0.4, -0.2) is 24.1 Å². The Morgan fingerprint density at radius 2 is 2.14 bits per heavy atom. The van der Waals surface area contributed by atoms with Crippen molar-refractivity contribution < 1.29 is 9.53 Å². The van der Waals surface area contributed by atoms with E-state index in [2.05, 4.69) is 10.5 Å². The predicted molar refractivity (Wildman–Crippen MR) is 80.2 cm³/mol. The molecular weight excluding hydrogens is 270 g/mol. The Morgan fingerprint density at radius 1 is 1.48 bits per heavy atom. The number of nitrogens with zero attached hydrogens (tertiary/aromatic N) is 2. The number of hydrogen-bond acceptors (Lipinski definition) is 6. The lowest BCUT2D eigenvalue weighted by Crippen LogP contribution is -2.21. The fraction of sp³-hybridized carbons (Fsp3) is 0.286. The molecule has 0 saturated heterocycles. The van der Waals surface area contributed by atoms with E-state index in [1.807, 2.05) is 6.92 Å². The first-order valence-corrected chi connectivity index (χ1v) is 6.43. The number of benzene rings is 1. The van der Waals surface area contributed by atoms with Crippen LogP contribution < -0.4 is 11.2 Å². The number of ether oxygens (including phenoxy) is 1. The van der Waals surface area contributed by atoms with E-state index in [0.717, 1.165) is 12.8 Å². The molecule has 1 aromatic rings. The van der Waals surface area contributed by atoms with Crippen LogP contribution in [0.5, 0.6) is 0 Å². The minimum absolute atomic E-state index is 0.210. The van der Waals surface area contributed by atoms with Crippen molar-refractivity contribution in [3.05, 3.63) is 29.8 Å². The Hall–Kier alpha value is -2.88. The van der Waals surface area contributed by atoms with Crippen LogP contribution in [0.4, 0.5) is 5.69 Å². The Balaban J connectivity index is 2.64. The number of nitrogens with one attached hydrogen (secondary N) is 2. The summed E-state index contributed by atoms with van der Waals surface area (Å²) < 4.78 is 5.08. The Kier molecular flexibility index (Phi) is 6.41. The third kappa shape index (κ3) is 5.32. The topological polar surface area (TPSA) is 124 Å². The first-order valence-electron chi connectivity index (χ1n) is 6.43. The number of carbonyl (C=O) groups is 1. The maximum absolute atomic E-state index is 11.7. The van der Waals surface area contributed by atoms with Gasteiger partial charge < -0.3 is 10.5 Å². The average molecular weight is 287 g/mol. The number of amidine groups is 1. The maximum atomic E-state index is 11.7. The molecule has 0 aliphatic carbocycles. The molecular formula is C14H17N5O2. The molecule has 0 saturated carbocycles. The summed E-state index contributed by atoms with van der Waals surface area (Å²) in [6, 6.07) is 8.11. The van der Waals surface area contributed by atoms with E-state index in [1.54, 1.807) is 30.3 Å². The lowest BCUT2D eigenvalue weighted by molar-refractivity contribution is 0.0500. The van der Waals surface area contributed by atoms with E-state index in [9.17, 15) is 4.79 Å². The van der Waals surface area contributed by atoms with Gasteiger partial charge in [0.15, 0.2) is 5.84 Å². The molecule has 0 aliphatic heterocycles. The molecule has 0 bridgehead atoms. The molecule has 0 aliphatic rings. The zero-order chi connectivity index (χ0) is 15.7. The number of esters is 1. The van der Waals surface area contributed by atoms with E-state index in [0.29, 0.717) is 17.9 Å². The molecule has 0 atom stereocenters. The summed E-state index contributed by atoms with van der Waals surface area (Å²) in [6.07, 6.45) is 1.80. The molecule has 0 radical (unpaired) electrons. The van der Waals surface area contributed by atoms with Crippen LogP contribution in [0.1, 0.15) is 30.1 Å². The Labute approximate surface area is 122 Å². The van der Waals surface area contributed by atoms with Gasteiger partial charge in [0.25, 0.3) is 0 Å². The number of hydrazone groups is 1. The van der Waals surface area contributed by atoms with Crippen LogP contribution in [0.2, 0.25) is 0 Å². The van der Waals surface area contributed by atoms with Gasteiger partial charge in [-0.15, -0.1) is 0 Å². The van der Waals surface area contributed by atoms with E-state index in [4.69, 9.17) is 21.1 Å². The highest BCUT2D eigenvalue weighted by Crippen LogP contribution is 2.11. The van der Waals surface area contributed by atoms with Gasteiger partial charge in [-0.3, -0.25) is 10.8 Å². The number of carbonyl (C=O) groups excluding carboxylic acids is 1. The SMILES string of the molecule is CCCCOC(=O)c1ccc(N/N=C(\C#N)C(=N)N)cc1. The normalized spacial score (nSPS) is 10.6. The van der Waals surface area contributed by atoms with Crippen LogP contribution in [0, 0.1) is 16.7 Å². The van der Waals surface area contributed by atoms with Gasteiger partial charge >= 0.3 is 5.97 Å². The van der Waals surface area contributed by atoms with Crippen molar-refractivity contribution in [3.63, 3.8) is 0 Å². The summed E-state index contributed by atoms with van der Waals surface area (Å²) in [6.45, 7) is 2.43. The van der Waals surface area contributed by atoms with Crippen LogP contribution in [0.25, 0.3) is 0 Å². The second kappa shape index (κ2) is 8.32. The van der Waals surface area contributed by atoms with Crippen LogP contribution in [-0.2, 0) is 4.74 Å². The zero-order valence-electron chi connectivity index (χ0n) is 11.7. The lowest BCUT2D eigenvalue weighted by Gasteiger charge is -2.05. The summed E-state index contributed by atoms with van der Waals surface area (Å²) in [5, 5.41) is 19.5. The van der Waals surface area contributed by atoms with Gasteiger partial charge in [0.2, 0.25) is 5.71 Å². The monoisotopic (exact) mass is 287 g/mol. The first kappa shape index (κ1) is 16.2. The van der Waals surface area contributed by atoms with Gasteiger partial charge in [-0.25, -0.2) is 4.79 Å². The van der Waals surface area contributed by atoms with E-state index >= 15 is 0 Å². The van der Waals surface area contributed by atoms with E-state index < -0.39 is 5.84 Å². The third-order valence-corrected chi connectivity index (χ3v) is 2.51. The molecule has 0 aromatic heterocycles. The minimum Gasteiger partial charge on any atom is -0.462 e. The molecule has 0 heterocycles. The van der Waals surface area contributed by atoms with Crippen LogP contribution in [0.3, 0.4) is 0 Å². The Morgan fingerprint density at radius 3 is 2.67 bits per heavy atom. The van der Waals surface area contributed by atoms with Crippen molar-refractivity contribution in [2.75, 3.05) is 12.0 Å². The summed E-state index contributed by atoms with van der Waals surface area (Å²) in [4.78, 5) is 11.7. The number of nitrogens with two attached hydrogens (primary N) is 1. The summed E-state index contributed by atoms with van der Waals surface area (Å²) >= 11 is 0. The van der Waals surface area contributed by atoms with Crippen molar-refractivity contribution in [1.29, 1.82) is 10.7 Å². The predicted octanol–water partition coefficient (Wildman–Crippen LogP) is 1.87. The third-order valence-electron chi connectivity index (χ3n) is 2.51. The molecule has 21 heavy (non-hydrogen) atoms. The summed E-state index contributed by atoms with van der Waals surface area (Å²) in [7, 11) is 0. The Bertz CT molecular complexity index is 572.